The third-order valence-electron chi connectivity index (χ3n) is 20.8. The van der Waals surface area contributed by atoms with Crippen LogP contribution in [0.5, 0.6) is 0 Å². The van der Waals surface area contributed by atoms with Crippen LogP contribution in [0.1, 0.15) is 47.0 Å². The Kier molecular flexibility index (Phi) is 16.6. The van der Waals surface area contributed by atoms with Gasteiger partial charge in [-0.25, -0.2) is 4.79 Å². The van der Waals surface area contributed by atoms with Gasteiger partial charge < -0.3 is 26.4 Å². The summed E-state index contributed by atoms with van der Waals surface area (Å²) in [7, 11) is 0. The first-order chi connectivity index (χ1) is 38.2. The van der Waals surface area contributed by atoms with E-state index >= 15 is 0 Å². The van der Waals surface area contributed by atoms with Crippen LogP contribution in [0.25, 0.3) is 0 Å². The Morgan fingerprint density at radius 2 is 1.26 bits per heavy atom. The molecule has 2 unspecified atom stereocenters. The number of hydrogen-bond acceptors (Lipinski definition) is 15. The minimum absolute atomic E-state index is 0.0949. The summed E-state index contributed by atoms with van der Waals surface area (Å²) in [4.78, 5) is 67.5. The van der Waals surface area contributed by atoms with Gasteiger partial charge in [0.05, 0.1) is 26.3 Å². The molecule has 7 N–H and O–H groups in total. The number of aliphatic imine (C=N–C) groups is 9. The zero-order chi connectivity index (χ0) is 58.4. The van der Waals surface area contributed by atoms with E-state index in [2.05, 4.69) is 127 Å². The number of nitrogens with two attached hydrogens (primary N) is 2. The second kappa shape index (κ2) is 22.2. The molecule has 0 aromatic carbocycles. The zero-order valence-corrected chi connectivity index (χ0v) is 50.3. The highest BCUT2D eigenvalue weighted by Gasteiger charge is 2.76. The molecule has 25 heteroatoms. The lowest BCUT2D eigenvalue weighted by molar-refractivity contribution is -0.188. The van der Waals surface area contributed by atoms with Gasteiger partial charge in [0.15, 0.2) is 0 Å². The Morgan fingerprint density at radius 3 is 1.52 bits per heavy atom. The molecule has 18 aliphatic rings. The number of carboxylic acid groups (broad SMARTS) is 2. The molecule has 18 nitrogen and oxygen atoms in total. The molecule has 81 heavy (non-hydrogen) atoms. The highest BCUT2D eigenvalue weighted by Crippen LogP contribution is 2.72. The Hall–Kier alpha value is -3.80. The van der Waals surface area contributed by atoms with Crippen LogP contribution in [0.3, 0.4) is 0 Å². The second-order valence-corrected chi connectivity index (χ2v) is 30.7. The van der Waals surface area contributed by atoms with E-state index in [-0.39, 0.29) is 45.2 Å². The van der Waals surface area contributed by atoms with Gasteiger partial charge in [0.1, 0.15) is 4.33 Å². The number of nitrogens with zero attached hydrogens (tertiary/aromatic N) is 9. The standard InChI is InChI=1S/C8H13N3.C7H8F3N.C7H7NO4.C7H11N.C6H7Br2N.C6H7NO2.C5H5Cl2N.C5H8N2.C5H7N/c9-8(10)2-1-5-6-3-11-4-7(5)6;1-6(7(8,9)10)4-2-11-3-5(4)6;9-3-12-7(6(10)11)4-1-8-2-5(4)7;1-7(2)5-3-8-4-6(5)7;1-5-3-9-2-4(5)6(5,7)8;8-6(9)5-3-1-7-2-4(3)5;6-5(7)3-1-8-2-4(3)5;6-5-3-1-7-2-4(3)5;1-4-2-6-3-5(1)4/h3,5-7H,1-2,4H2,(H3,9,10);2,4-5H,3H2,1H3;1,3-5H,2H2,(H,10,11);3,5-6H,4H2,1-2H3;3-4H,2H2,1H3;1,3-5H,2H2,(H,8,9);1,3-4H,2H2;1,3-5H,2,6H2;2,4-5H,1,3H2/t5-,6-,7+;4-,5+,6?;4-,5+,7?;5-,6+;4-,5+;3-,4+,5+;3-,4+;3-,4+,5+;4-,5+/m011101111/s1. The van der Waals surface area contributed by atoms with Crippen molar-refractivity contribution in [1.29, 1.82) is 5.41 Å². The van der Waals surface area contributed by atoms with Crippen LogP contribution in [0.4, 0.5) is 13.2 Å². The molecule has 9 aliphatic carbocycles. The molecule has 9 heterocycles. The highest BCUT2D eigenvalue weighted by molar-refractivity contribution is 9.25. The first-order valence-corrected chi connectivity index (χ1v) is 30.5. The predicted octanol–water partition coefficient (Wildman–Crippen LogP) is 7.24. The number of ether oxygens (including phenoxy) is 1. The second-order valence-electron chi connectivity index (χ2n) is 25.7. The third-order valence-corrected chi connectivity index (χ3v) is 24.7. The fourth-order valence-electron chi connectivity index (χ4n) is 13.7. The van der Waals surface area contributed by atoms with Gasteiger partial charge in [0.25, 0.3) is 6.47 Å². The van der Waals surface area contributed by atoms with Gasteiger partial charge in [-0.05, 0) is 54.8 Å². The molecule has 9 saturated carbocycles. The van der Waals surface area contributed by atoms with Gasteiger partial charge in [0, 0.05) is 204 Å². The Balaban J connectivity index is 0.000000103. The average molecular weight is 1300 g/mol. The minimum atomic E-state index is -4.05. The van der Waals surface area contributed by atoms with E-state index in [1.54, 1.807) is 12.4 Å². The molecule has 0 bridgehead atoms. The van der Waals surface area contributed by atoms with Crippen LogP contribution < -0.4 is 11.5 Å². The van der Waals surface area contributed by atoms with Crippen LogP contribution in [-0.2, 0) is 19.1 Å². The maximum Gasteiger partial charge on any atom is 0.395 e. The number of halogens is 7. The molecule has 0 aromatic heterocycles. The SMILES string of the molecule is C1=NC[C@@H]2C[C@H]12.CC1(C(F)(F)F)[C@@H]2C=NC[C@@H]21.CC1(C)[C@@H]2C=NC[C@@H]21.C[C@@]12C=NC[C@@H]1C2(Br)Br.ClC1(Cl)[C@@H]2C=NC[C@@H]21.N=C(N)CC[C@H]1[C@@H]2C=NC[C@@H]21.N[C@H]1[C@@H]2C=NC[C@H]12.O=C(O)[C@H]1[C@@H]2C=NC[C@@H]21.O=COC1(C(=O)O)[C@@H]2C=NC[C@@H]21. The van der Waals surface area contributed by atoms with Gasteiger partial charge in [0.2, 0.25) is 5.60 Å². The summed E-state index contributed by atoms with van der Waals surface area (Å²) in [5, 5.41) is 24.4. The maximum absolute atomic E-state index is 12.3. The Morgan fingerprint density at radius 1 is 0.704 bits per heavy atom. The van der Waals surface area contributed by atoms with Gasteiger partial charge in [-0.2, -0.15) is 13.2 Å². The summed E-state index contributed by atoms with van der Waals surface area (Å²) >= 11 is 18.8. The molecule has 9 fully saturated rings. The summed E-state index contributed by atoms with van der Waals surface area (Å²) in [5.74, 6) is 7.10. The maximum atomic E-state index is 12.3. The number of rotatable bonds is 7. The lowest BCUT2D eigenvalue weighted by Crippen LogP contribution is -2.31. The Labute approximate surface area is 496 Å². The largest absolute Gasteiger partial charge is 0.481 e. The smallest absolute Gasteiger partial charge is 0.395 e. The van der Waals surface area contributed by atoms with Crippen molar-refractivity contribution in [3.05, 3.63) is 0 Å². The lowest BCUT2D eigenvalue weighted by atomic mass is 10.0. The average Bonchev–Trinajstić information content (AvgIpc) is 2.60. The number of aliphatic carboxylic acids is 2. The fourth-order valence-corrected chi connectivity index (χ4v) is 16.2. The third kappa shape index (κ3) is 11.6. The Bertz CT molecular complexity index is 2730. The molecule has 0 amide bonds. The van der Waals surface area contributed by atoms with Crippen molar-refractivity contribution >= 4 is 135 Å². The predicted molar refractivity (Wildman–Crippen MR) is 317 cm³/mol. The molecule has 0 spiro atoms. The van der Waals surface area contributed by atoms with E-state index in [4.69, 9.17) is 50.3 Å². The van der Waals surface area contributed by atoms with E-state index in [9.17, 15) is 27.6 Å². The van der Waals surface area contributed by atoms with Crippen molar-refractivity contribution in [3.8, 4) is 0 Å². The van der Waals surface area contributed by atoms with Gasteiger partial charge >= 0.3 is 18.1 Å². The van der Waals surface area contributed by atoms with E-state index in [0.29, 0.717) is 65.4 Å². The molecular weight excluding hydrogens is 1220 g/mol. The molecular formula is C56H73Br2Cl2F3N12O6. The van der Waals surface area contributed by atoms with E-state index < -0.39 is 33.5 Å². The van der Waals surface area contributed by atoms with Gasteiger partial charge in [-0.15, -0.1) is 23.2 Å². The molecule has 442 valence electrons. The van der Waals surface area contributed by atoms with Crippen molar-refractivity contribution in [1.82, 2.24) is 0 Å². The molecule has 0 saturated heterocycles. The summed E-state index contributed by atoms with van der Waals surface area (Å²) in [5.41, 5.74) is 9.02. The van der Waals surface area contributed by atoms with Crippen molar-refractivity contribution in [2.24, 2.45) is 185 Å². The number of alkyl halides is 7. The zero-order valence-electron chi connectivity index (χ0n) is 45.7. The number of carbonyl (C=O) groups is 3. The molecule has 0 aromatic rings. The molecule has 23 atom stereocenters. The number of hydrogen-bond donors (Lipinski definition) is 5. The van der Waals surface area contributed by atoms with E-state index in [1.807, 2.05) is 12.4 Å². The lowest BCUT2D eigenvalue weighted by Gasteiger charge is -2.16. The van der Waals surface area contributed by atoms with E-state index in [0.717, 1.165) is 106 Å². The van der Waals surface area contributed by atoms with Gasteiger partial charge in [-0.3, -0.25) is 59.9 Å². The number of carboxylic acids is 2. The van der Waals surface area contributed by atoms with Gasteiger partial charge in [-0.1, -0.05) is 52.6 Å². The quantitative estimate of drug-likeness (QED) is 0.0747. The number of amidine groups is 1. The van der Waals surface area contributed by atoms with Crippen LogP contribution in [0.15, 0.2) is 44.9 Å². The number of fused-ring (bicyclic) bond motifs is 9. The number of nitrogens with one attached hydrogen (secondary N) is 1. The van der Waals surface area contributed by atoms with Crippen molar-refractivity contribution in [2.45, 2.75) is 72.3 Å². The van der Waals surface area contributed by atoms with E-state index in [1.165, 1.54) is 19.6 Å². The highest BCUT2D eigenvalue weighted by atomic mass is 79.9. The van der Waals surface area contributed by atoms with Crippen LogP contribution in [0.2, 0.25) is 0 Å². The van der Waals surface area contributed by atoms with Crippen LogP contribution in [-0.4, -0.2) is 175 Å². The summed E-state index contributed by atoms with van der Waals surface area (Å²) in [6, 6.07) is 0.470. The molecule has 9 aliphatic heterocycles. The summed E-state index contributed by atoms with van der Waals surface area (Å²) in [6.07, 6.45) is 16.3. The van der Waals surface area contributed by atoms with Crippen molar-refractivity contribution in [3.63, 3.8) is 0 Å². The summed E-state index contributed by atoms with van der Waals surface area (Å²) < 4.78 is 41.2. The van der Waals surface area contributed by atoms with Crippen molar-refractivity contribution < 1.29 is 42.5 Å². The summed E-state index contributed by atoms with van der Waals surface area (Å²) in [6.45, 7) is 16.0. The van der Waals surface area contributed by atoms with Crippen LogP contribution in [0, 0.1) is 134 Å². The monoisotopic (exact) mass is 1290 g/mol. The topological polar surface area (TPSA) is 288 Å². The minimum Gasteiger partial charge on any atom is -0.481 e. The first kappa shape index (κ1) is 60.3. The normalized spacial score (nSPS) is 46.2. The van der Waals surface area contributed by atoms with Crippen LogP contribution >= 0.6 is 55.1 Å². The molecule has 18 rings (SSSR count). The number of carbonyl (C=O) groups excluding carboxylic acids is 1. The molecule has 0 radical (unpaired) electrons. The fraction of sp³-hybridized carbons (Fsp3) is 0.768. The first-order valence-electron chi connectivity index (χ1n) is 28.2. The van der Waals surface area contributed by atoms with Crippen molar-refractivity contribution in [2.75, 3.05) is 58.9 Å².